The Morgan fingerprint density at radius 1 is 1.62 bits per heavy atom. The van der Waals surface area contributed by atoms with Crippen molar-refractivity contribution >= 4 is 28.8 Å². The number of hydrogen-bond donors (Lipinski definition) is 0. The predicted molar refractivity (Wildman–Crippen MR) is 45.6 cm³/mol. The van der Waals surface area contributed by atoms with E-state index in [9.17, 15) is 0 Å². The molecule has 0 N–H and O–H groups in total. The maximum Gasteiger partial charge on any atom is 0.168 e. The molecule has 0 aromatic rings. The summed E-state index contributed by atoms with van der Waals surface area (Å²) in [6, 6.07) is 0. The molecule has 0 aromatic heterocycles. The first-order valence-electron chi connectivity index (χ1n) is 2.26. The minimum atomic E-state index is 1.75. The summed E-state index contributed by atoms with van der Waals surface area (Å²) in [6.07, 6.45) is 5.62. The number of nitrogens with zero attached hydrogens (tertiary/aromatic N) is 1. The third-order valence-electron chi connectivity index (χ3n) is 0.682. The van der Waals surface area contributed by atoms with Gasteiger partial charge in [0.05, 0.1) is 0 Å². The second-order valence-corrected chi connectivity index (χ2v) is 2.03. The topological polar surface area (TPSA) is 3.01 Å². The molecule has 0 saturated heterocycles. The van der Waals surface area contributed by atoms with Crippen molar-refractivity contribution in [3.63, 3.8) is 0 Å². The van der Waals surface area contributed by atoms with E-state index in [-0.39, 0.29) is 0 Å². The van der Waals surface area contributed by atoms with E-state index in [2.05, 4.69) is 29.2 Å². The van der Waals surface area contributed by atoms with Gasteiger partial charge in [-0.05, 0) is 10.7 Å². The second-order valence-electron chi connectivity index (χ2n) is 1.32. The molecule has 0 bridgehead atoms. The van der Waals surface area contributed by atoms with Crippen LogP contribution in [-0.4, -0.2) is 17.8 Å². The van der Waals surface area contributed by atoms with Crippen LogP contribution < -0.4 is 0 Å². The molecule has 0 fully saturated rings. The minimum Gasteiger partial charge on any atom is -0.208 e. The van der Waals surface area contributed by atoms with E-state index in [1.54, 1.807) is 6.20 Å². The van der Waals surface area contributed by atoms with Gasteiger partial charge in [0, 0.05) is 6.08 Å². The third-order valence-corrected chi connectivity index (χ3v) is 1.10. The molecule has 44 valence electrons. The summed E-state index contributed by atoms with van der Waals surface area (Å²) in [6.45, 7) is 3.57. The molecule has 1 nitrogen and oxygen atoms in total. The van der Waals surface area contributed by atoms with Crippen molar-refractivity contribution in [2.45, 2.75) is 0 Å². The summed E-state index contributed by atoms with van der Waals surface area (Å²) in [5.74, 6) is 0. The molecule has 0 radical (unpaired) electrons. The Kier molecular flexibility index (Phi) is 4.95. The van der Waals surface area contributed by atoms with Crippen LogP contribution in [0, 0.1) is 0 Å². The molecule has 0 aliphatic heterocycles. The zero-order valence-corrected chi connectivity index (χ0v) is 7.00. The number of hydrogen-bond acceptors (Lipinski definition) is 0. The summed E-state index contributed by atoms with van der Waals surface area (Å²) >= 11 is 2.16. The molecule has 0 unspecified atom stereocenters. The van der Waals surface area contributed by atoms with Crippen LogP contribution in [0.25, 0.3) is 0 Å². The molecular formula is C6H9IN+. The van der Waals surface area contributed by atoms with Crippen molar-refractivity contribution in [3.05, 3.63) is 22.9 Å². The van der Waals surface area contributed by atoms with E-state index in [1.165, 1.54) is 0 Å². The molecule has 2 heteroatoms. The first-order chi connectivity index (χ1) is 3.81. The average molecular weight is 222 g/mol. The Morgan fingerprint density at radius 3 is 2.62 bits per heavy atom. The van der Waals surface area contributed by atoms with Crippen LogP contribution in [0.1, 0.15) is 0 Å². The molecule has 0 aliphatic rings. The van der Waals surface area contributed by atoms with Gasteiger partial charge in [0.15, 0.2) is 12.4 Å². The lowest BCUT2D eigenvalue weighted by atomic mass is 10.7. The van der Waals surface area contributed by atoms with E-state index in [4.69, 9.17) is 0 Å². The first-order valence-corrected chi connectivity index (χ1v) is 3.50. The van der Waals surface area contributed by atoms with Gasteiger partial charge >= 0.3 is 0 Å². The molecule has 8 heavy (non-hydrogen) atoms. The maximum absolute atomic E-state index is 3.57. The molecule has 0 aromatic carbocycles. The summed E-state index contributed by atoms with van der Waals surface area (Å²) in [5, 5.41) is 0. The zero-order valence-electron chi connectivity index (χ0n) is 4.84. The summed E-state index contributed by atoms with van der Waals surface area (Å²) in [7, 11) is 1.93. The lowest BCUT2D eigenvalue weighted by Gasteiger charge is -1.76. The quantitative estimate of drug-likeness (QED) is 0.380. The van der Waals surface area contributed by atoms with Gasteiger partial charge in [0.25, 0.3) is 0 Å². The predicted octanol–water partition coefficient (Wildman–Crippen LogP) is 1.79. The zero-order chi connectivity index (χ0) is 6.41. The lowest BCUT2D eigenvalue weighted by molar-refractivity contribution is -0.415. The van der Waals surface area contributed by atoms with Crippen molar-refractivity contribution in [3.8, 4) is 0 Å². The van der Waals surface area contributed by atoms with Crippen molar-refractivity contribution in [2.24, 2.45) is 0 Å². The Labute approximate surface area is 63.6 Å². The molecule has 0 heterocycles. The third kappa shape index (κ3) is 4.05. The van der Waals surface area contributed by atoms with Gasteiger partial charge in [0.2, 0.25) is 0 Å². The van der Waals surface area contributed by atoms with Gasteiger partial charge < -0.3 is 0 Å². The minimum absolute atomic E-state index is 1.75. The maximum atomic E-state index is 3.57. The molecule has 0 saturated carbocycles. The lowest BCUT2D eigenvalue weighted by Crippen LogP contribution is -1.92. The highest BCUT2D eigenvalue weighted by Crippen LogP contribution is 1.79. The largest absolute Gasteiger partial charge is 0.208 e. The smallest absolute Gasteiger partial charge is 0.168 e. The molecule has 0 atom stereocenters. The second kappa shape index (κ2) is 5.03. The van der Waals surface area contributed by atoms with E-state index in [0.717, 1.165) is 0 Å². The monoisotopic (exact) mass is 222 g/mol. The van der Waals surface area contributed by atoms with Crippen molar-refractivity contribution < 1.29 is 4.58 Å². The summed E-state index contributed by atoms with van der Waals surface area (Å²) in [5.41, 5.74) is 0. The Morgan fingerprint density at radius 2 is 2.25 bits per heavy atom. The fraction of sp³-hybridized carbons (Fsp3) is 0.167. The Balaban J connectivity index is 3.74. The van der Waals surface area contributed by atoms with Crippen LogP contribution >= 0.6 is 22.6 Å². The van der Waals surface area contributed by atoms with Crippen molar-refractivity contribution in [2.75, 3.05) is 7.05 Å². The molecule has 0 rings (SSSR count). The normalized spacial score (nSPS) is 12.5. The fourth-order valence-electron chi connectivity index (χ4n) is 0.229. The van der Waals surface area contributed by atoms with E-state index in [1.807, 2.05) is 28.0 Å². The fourth-order valence-corrected chi connectivity index (χ4v) is 0.415. The number of halogens is 1. The molecule has 0 amide bonds. The van der Waals surface area contributed by atoms with Crippen molar-refractivity contribution in [1.29, 1.82) is 0 Å². The number of allylic oxidation sites excluding steroid dienone is 1. The van der Waals surface area contributed by atoms with E-state index < -0.39 is 0 Å². The van der Waals surface area contributed by atoms with E-state index in [0.29, 0.717) is 0 Å². The van der Waals surface area contributed by atoms with Crippen LogP contribution in [0.3, 0.4) is 0 Å². The summed E-state index contributed by atoms with van der Waals surface area (Å²) < 4.78 is 3.83. The molecular weight excluding hydrogens is 213 g/mol. The average Bonchev–Trinajstić information content (AvgIpc) is 1.83. The highest BCUT2D eigenvalue weighted by Gasteiger charge is 1.76. The van der Waals surface area contributed by atoms with Gasteiger partial charge in [-0.3, -0.25) is 0 Å². The van der Waals surface area contributed by atoms with Gasteiger partial charge in [-0.2, -0.15) is 0 Å². The van der Waals surface area contributed by atoms with Crippen LogP contribution in [-0.2, 0) is 0 Å². The van der Waals surface area contributed by atoms with E-state index >= 15 is 0 Å². The van der Waals surface area contributed by atoms with Gasteiger partial charge in [-0.15, -0.1) is 0 Å². The Hall–Kier alpha value is -0.120. The first kappa shape index (κ1) is 7.88. The van der Waals surface area contributed by atoms with Gasteiger partial charge in [-0.1, -0.05) is 22.6 Å². The van der Waals surface area contributed by atoms with Crippen molar-refractivity contribution in [1.82, 2.24) is 0 Å². The van der Waals surface area contributed by atoms with Gasteiger partial charge in [-0.25, -0.2) is 4.58 Å². The highest BCUT2D eigenvalue weighted by atomic mass is 127. The van der Waals surface area contributed by atoms with Crippen LogP contribution in [0.15, 0.2) is 22.9 Å². The highest BCUT2D eigenvalue weighted by molar-refractivity contribution is 14.1. The van der Waals surface area contributed by atoms with Crippen LogP contribution in [0.5, 0.6) is 0 Å². The van der Waals surface area contributed by atoms with Gasteiger partial charge in [0.1, 0.15) is 7.05 Å². The Bertz CT molecular complexity index is 124. The van der Waals surface area contributed by atoms with Crippen LogP contribution in [0.2, 0.25) is 0 Å². The molecule has 0 spiro atoms. The SMILES string of the molecule is C=C[N+](C)=C/C=C\I. The summed E-state index contributed by atoms with van der Waals surface area (Å²) in [4.78, 5) is 0. The van der Waals surface area contributed by atoms with Crippen LogP contribution in [0.4, 0.5) is 0 Å². The molecule has 0 aliphatic carbocycles. The number of rotatable bonds is 2. The standard InChI is InChI=1S/C6H9IN/c1-3-8(2)6-4-5-7/h3-6H,1H2,2H3/q+1/b5-4-,8-6?.